The molecule has 0 saturated carbocycles. The Balaban J connectivity index is 2.54. The van der Waals surface area contributed by atoms with E-state index in [9.17, 15) is 19.2 Å². The van der Waals surface area contributed by atoms with Gasteiger partial charge in [-0.1, -0.05) is 32.1 Å². The van der Waals surface area contributed by atoms with Crippen molar-refractivity contribution in [3.05, 3.63) is 35.9 Å². The van der Waals surface area contributed by atoms with Crippen LogP contribution in [0.5, 0.6) is 11.5 Å². The van der Waals surface area contributed by atoms with Crippen LogP contribution >= 0.6 is 0 Å². The second-order valence-corrected chi connectivity index (χ2v) is 9.66. The molecule has 212 valence electrons. The van der Waals surface area contributed by atoms with E-state index in [2.05, 4.69) is 31.3 Å². The maximum absolute atomic E-state index is 12.6. The molecule has 1 rings (SSSR count). The van der Waals surface area contributed by atoms with Gasteiger partial charge in [0.1, 0.15) is 6.54 Å². The normalized spacial score (nSPS) is 10.8. The number of ether oxygens (including phenoxy) is 2. The maximum atomic E-state index is 12.6. The zero-order valence-electron chi connectivity index (χ0n) is 23.9. The van der Waals surface area contributed by atoms with Gasteiger partial charge >= 0.3 is 6.09 Å². The standard InChI is InChI=1S/C28H44N4O6/c1-21(2)12-10-8-9-11-13-26(34)29-19-23-14-15-24(25(18-23)37-7)38-28(36)32(6)20-27(35)31(5)17-16-30(4)22(3)33/h10,12,14-15,18,21H,8-9,11,13,16-17,19-20H2,1-7H3,(H,29,34)/b12-10+. The average Bonchev–Trinajstić information content (AvgIpc) is 2.87. The van der Waals surface area contributed by atoms with Crippen LogP contribution in [0, 0.1) is 5.92 Å². The first-order valence-electron chi connectivity index (χ1n) is 12.9. The minimum Gasteiger partial charge on any atom is -0.493 e. The minimum absolute atomic E-state index is 0.0171. The molecule has 0 heterocycles. The van der Waals surface area contributed by atoms with E-state index in [1.54, 1.807) is 32.3 Å². The SMILES string of the molecule is COc1cc(CNC(=O)CCCC/C=C/C(C)C)ccc1OC(=O)N(C)CC(=O)N(C)CCN(C)C(C)=O. The van der Waals surface area contributed by atoms with Crippen molar-refractivity contribution in [2.45, 2.75) is 53.0 Å². The highest BCUT2D eigenvalue weighted by Crippen LogP contribution is 2.28. The largest absolute Gasteiger partial charge is 0.493 e. The Kier molecular flexibility index (Phi) is 14.6. The molecule has 1 N–H and O–H groups in total. The van der Waals surface area contributed by atoms with Crippen molar-refractivity contribution in [3.63, 3.8) is 0 Å². The molecule has 38 heavy (non-hydrogen) atoms. The van der Waals surface area contributed by atoms with Crippen LogP contribution in [0.15, 0.2) is 30.4 Å². The highest BCUT2D eigenvalue weighted by molar-refractivity contribution is 5.83. The maximum Gasteiger partial charge on any atom is 0.415 e. The molecular formula is C28H44N4O6. The van der Waals surface area contributed by atoms with Crippen molar-refractivity contribution in [3.8, 4) is 11.5 Å². The summed E-state index contributed by atoms with van der Waals surface area (Å²) < 4.78 is 10.8. The number of nitrogens with zero attached hydrogens (tertiary/aromatic N) is 3. The van der Waals surface area contributed by atoms with E-state index in [1.165, 1.54) is 35.8 Å². The Morgan fingerprint density at radius 1 is 0.974 bits per heavy atom. The summed E-state index contributed by atoms with van der Waals surface area (Å²) in [6, 6.07) is 5.04. The topological polar surface area (TPSA) is 108 Å². The summed E-state index contributed by atoms with van der Waals surface area (Å²) in [5.41, 5.74) is 0.801. The molecule has 0 bridgehead atoms. The van der Waals surface area contributed by atoms with Gasteiger partial charge in [0.2, 0.25) is 17.7 Å². The van der Waals surface area contributed by atoms with E-state index >= 15 is 0 Å². The van der Waals surface area contributed by atoms with Gasteiger partial charge in [0.05, 0.1) is 7.11 Å². The highest BCUT2D eigenvalue weighted by Gasteiger charge is 2.20. The lowest BCUT2D eigenvalue weighted by Crippen LogP contribution is -2.43. The third-order valence-corrected chi connectivity index (χ3v) is 5.88. The number of amides is 4. The molecule has 0 unspecified atom stereocenters. The summed E-state index contributed by atoms with van der Waals surface area (Å²) in [6.07, 6.45) is 6.86. The molecule has 1 aromatic rings. The molecular weight excluding hydrogens is 488 g/mol. The van der Waals surface area contributed by atoms with Gasteiger partial charge in [-0.25, -0.2) is 4.79 Å². The third-order valence-electron chi connectivity index (χ3n) is 5.88. The number of likely N-dealkylation sites (N-methyl/N-ethyl adjacent to an activating group) is 3. The number of hydrogen-bond acceptors (Lipinski definition) is 6. The summed E-state index contributed by atoms with van der Waals surface area (Å²) in [5.74, 6) is 0.696. The first-order valence-corrected chi connectivity index (χ1v) is 12.9. The minimum atomic E-state index is -0.713. The molecule has 0 atom stereocenters. The van der Waals surface area contributed by atoms with Crippen LogP contribution in [-0.4, -0.2) is 86.4 Å². The van der Waals surface area contributed by atoms with Crippen molar-refractivity contribution >= 4 is 23.8 Å². The third kappa shape index (κ3) is 12.6. The van der Waals surface area contributed by atoms with E-state index in [1.807, 2.05) is 0 Å². The second-order valence-electron chi connectivity index (χ2n) is 9.66. The van der Waals surface area contributed by atoms with Crippen LogP contribution in [0.1, 0.15) is 52.0 Å². The first-order chi connectivity index (χ1) is 17.9. The van der Waals surface area contributed by atoms with Crippen molar-refractivity contribution in [2.75, 3.05) is 47.9 Å². The number of methoxy groups -OCH3 is 1. The van der Waals surface area contributed by atoms with Crippen LogP contribution in [0.25, 0.3) is 0 Å². The molecule has 0 spiro atoms. The molecule has 4 amide bonds. The summed E-state index contributed by atoms with van der Waals surface area (Å²) in [6.45, 7) is 6.62. The van der Waals surface area contributed by atoms with Crippen molar-refractivity contribution < 1.29 is 28.7 Å². The fourth-order valence-electron chi connectivity index (χ4n) is 3.25. The Morgan fingerprint density at radius 3 is 2.29 bits per heavy atom. The Hall–Kier alpha value is -3.56. The highest BCUT2D eigenvalue weighted by atomic mass is 16.6. The lowest BCUT2D eigenvalue weighted by molar-refractivity contribution is -0.132. The quantitative estimate of drug-likeness (QED) is 0.274. The van der Waals surface area contributed by atoms with Crippen molar-refractivity contribution in [1.82, 2.24) is 20.0 Å². The molecule has 10 heteroatoms. The molecule has 1 aromatic carbocycles. The monoisotopic (exact) mass is 532 g/mol. The summed E-state index contributed by atoms with van der Waals surface area (Å²) in [5, 5.41) is 2.90. The molecule has 0 fully saturated rings. The molecule has 10 nitrogen and oxygen atoms in total. The number of carbonyl (C=O) groups is 4. The number of allylic oxidation sites excluding steroid dienone is 2. The molecule has 0 radical (unpaired) electrons. The van der Waals surface area contributed by atoms with Gasteiger partial charge < -0.3 is 29.5 Å². The number of nitrogens with one attached hydrogen (secondary N) is 1. The van der Waals surface area contributed by atoms with Gasteiger partial charge in [-0.2, -0.15) is 0 Å². The fourth-order valence-corrected chi connectivity index (χ4v) is 3.25. The van der Waals surface area contributed by atoms with Gasteiger partial charge in [0, 0.05) is 54.1 Å². The smallest absolute Gasteiger partial charge is 0.415 e. The Labute approximate surface area is 226 Å². The van der Waals surface area contributed by atoms with E-state index in [-0.39, 0.29) is 30.0 Å². The van der Waals surface area contributed by atoms with Gasteiger partial charge in [-0.3, -0.25) is 14.4 Å². The lowest BCUT2D eigenvalue weighted by Gasteiger charge is -2.24. The van der Waals surface area contributed by atoms with Crippen LogP contribution in [0.2, 0.25) is 0 Å². The number of hydrogen-bond donors (Lipinski definition) is 1. The van der Waals surface area contributed by atoms with Crippen LogP contribution in [0.3, 0.4) is 0 Å². The molecule has 0 aliphatic heterocycles. The number of carbonyl (C=O) groups excluding carboxylic acids is 4. The Bertz CT molecular complexity index is 963. The number of rotatable bonds is 15. The van der Waals surface area contributed by atoms with Crippen molar-refractivity contribution in [1.29, 1.82) is 0 Å². The molecule has 0 aliphatic carbocycles. The van der Waals surface area contributed by atoms with E-state index in [0.717, 1.165) is 24.8 Å². The van der Waals surface area contributed by atoms with E-state index in [4.69, 9.17) is 9.47 Å². The predicted molar refractivity (Wildman–Crippen MR) is 147 cm³/mol. The van der Waals surface area contributed by atoms with Crippen molar-refractivity contribution in [2.24, 2.45) is 5.92 Å². The molecule has 0 aliphatic rings. The molecule has 0 saturated heterocycles. The Morgan fingerprint density at radius 2 is 1.66 bits per heavy atom. The van der Waals surface area contributed by atoms with Gasteiger partial charge in [0.25, 0.3) is 0 Å². The van der Waals surface area contributed by atoms with E-state index in [0.29, 0.717) is 37.7 Å². The second kappa shape index (κ2) is 17.0. The predicted octanol–water partition coefficient (Wildman–Crippen LogP) is 3.45. The number of benzene rings is 1. The lowest BCUT2D eigenvalue weighted by atomic mass is 10.1. The van der Waals surface area contributed by atoms with Gasteiger partial charge in [-0.05, 0) is 42.9 Å². The summed E-state index contributed by atoms with van der Waals surface area (Å²) >= 11 is 0. The number of unbranched alkanes of at least 4 members (excludes halogenated alkanes) is 2. The average molecular weight is 533 g/mol. The first kappa shape index (κ1) is 32.5. The van der Waals surface area contributed by atoms with Gasteiger partial charge in [-0.15, -0.1) is 0 Å². The van der Waals surface area contributed by atoms with E-state index < -0.39 is 6.09 Å². The van der Waals surface area contributed by atoms with Crippen LogP contribution in [-0.2, 0) is 20.9 Å². The summed E-state index contributed by atoms with van der Waals surface area (Å²) in [4.78, 5) is 52.6. The molecule has 0 aromatic heterocycles. The van der Waals surface area contributed by atoms with Gasteiger partial charge in [0.15, 0.2) is 11.5 Å². The van der Waals surface area contributed by atoms with Crippen LogP contribution in [0.4, 0.5) is 4.79 Å². The summed E-state index contributed by atoms with van der Waals surface area (Å²) in [7, 11) is 6.20. The fraction of sp³-hybridized carbons (Fsp3) is 0.571. The zero-order chi connectivity index (χ0) is 28.7. The zero-order valence-corrected chi connectivity index (χ0v) is 23.9. The van der Waals surface area contributed by atoms with Crippen LogP contribution < -0.4 is 14.8 Å².